The van der Waals surface area contributed by atoms with E-state index in [2.05, 4.69) is 41.2 Å². The van der Waals surface area contributed by atoms with Gasteiger partial charge in [-0.3, -0.25) is 33.7 Å². The molecule has 3 fully saturated rings. The number of hydrogen-bond donors (Lipinski definition) is 4. The number of nitrogens with zero attached hydrogens (tertiary/aromatic N) is 7. The Balaban J connectivity index is 0.740. The van der Waals surface area contributed by atoms with Crippen molar-refractivity contribution in [3.63, 3.8) is 0 Å². The number of imide groups is 1. The van der Waals surface area contributed by atoms with Gasteiger partial charge in [0.1, 0.15) is 18.1 Å². The highest BCUT2D eigenvalue weighted by Crippen LogP contribution is 2.31. The summed E-state index contributed by atoms with van der Waals surface area (Å²) in [5, 5.41) is 15.7. The zero-order valence-electron chi connectivity index (χ0n) is 35.3. The van der Waals surface area contributed by atoms with Crippen LogP contribution in [-0.4, -0.2) is 96.9 Å². The number of fused-ring (bicyclic) bond motifs is 1. The van der Waals surface area contributed by atoms with Crippen LogP contribution in [0.25, 0.3) is 28.2 Å². The molecule has 1 aliphatic carbocycles. The minimum atomic E-state index is -2.94. The lowest BCUT2D eigenvalue weighted by Gasteiger charge is -2.33. The third kappa shape index (κ3) is 9.65. The molecule has 6 aromatic rings. The number of nitrogens with one attached hydrogen (secondary N) is 4. The van der Waals surface area contributed by atoms with Crippen LogP contribution in [0.4, 0.5) is 20.3 Å². The zero-order chi connectivity index (χ0) is 44.3. The fourth-order valence-electron chi connectivity index (χ4n) is 8.26. The predicted molar refractivity (Wildman–Crippen MR) is 232 cm³/mol. The van der Waals surface area contributed by atoms with Gasteiger partial charge in [0.25, 0.3) is 12.3 Å². The number of aromatic nitrogens is 6. The summed E-state index contributed by atoms with van der Waals surface area (Å²) in [5.41, 5.74) is 3.61. The second kappa shape index (κ2) is 18.6. The maximum absolute atomic E-state index is 14.1. The topological polar surface area (TPSA) is 195 Å². The maximum Gasteiger partial charge on any atom is 0.329 e. The highest BCUT2D eigenvalue weighted by molar-refractivity contribution is 6.03. The number of carbonyl (C=O) groups is 3. The maximum atomic E-state index is 14.1. The number of oxazole rings is 1. The van der Waals surface area contributed by atoms with Crippen LogP contribution in [0.3, 0.4) is 0 Å². The fraction of sp³-hybridized carbons (Fsp3) is 0.400. The Morgan fingerprint density at radius 1 is 1.00 bits per heavy atom. The molecule has 17 nitrogen and oxygen atoms in total. The molecule has 2 aliphatic heterocycles. The second-order valence-corrected chi connectivity index (χ2v) is 16.6. The van der Waals surface area contributed by atoms with Gasteiger partial charge in [0.05, 0.1) is 41.3 Å². The number of morpholine rings is 1. The van der Waals surface area contributed by atoms with Crippen molar-refractivity contribution in [1.29, 1.82) is 0 Å². The summed E-state index contributed by atoms with van der Waals surface area (Å²) in [5.74, 6) is 0.0537. The first-order chi connectivity index (χ1) is 31.1. The smallest absolute Gasteiger partial charge is 0.329 e. The first kappa shape index (κ1) is 42.7. The first-order valence-electron chi connectivity index (χ1n) is 21.6. The van der Waals surface area contributed by atoms with Gasteiger partial charge in [0.2, 0.25) is 17.7 Å². The molecule has 0 spiro atoms. The van der Waals surface area contributed by atoms with E-state index in [0.29, 0.717) is 54.6 Å². The molecule has 2 aromatic carbocycles. The lowest BCUT2D eigenvalue weighted by molar-refractivity contribution is -0.135. The predicted octanol–water partition coefficient (Wildman–Crippen LogP) is 4.99. The molecule has 334 valence electrons. The molecule has 1 unspecified atom stereocenters. The summed E-state index contributed by atoms with van der Waals surface area (Å²) in [6.45, 7) is 5.16. The number of pyridine rings is 1. The number of aryl methyl sites for hydroxylation is 2. The molecule has 3 amide bonds. The minimum Gasteiger partial charge on any atom is -0.444 e. The van der Waals surface area contributed by atoms with E-state index in [0.717, 1.165) is 55.7 Å². The van der Waals surface area contributed by atoms with E-state index in [1.165, 1.54) is 34.6 Å². The number of imidazole rings is 1. The molecule has 19 heteroatoms. The van der Waals surface area contributed by atoms with Crippen LogP contribution >= 0.6 is 0 Å². The van der Waals surface area contributed by atoms with Crippen LogP contribution in [0.5, 0.6) is 0 Å². The number of alkyl halides is 2. The number of benzene rings is 2. The molecular formula is C45H49F2N11O6. The van der Waals surface area contributed by atoms with Gasteiger partial charge in [0.15, 0.2) is 11.4 Å². The van der Waals surface area contributed by atoms with Crippen LogP contribution < -0.4 is 27.0 Å². The van der Waals surface area contributed by atoms with Crippen LogP contribution in [0.1, 0.15) is 71.9 Å². The van der Waals surface area contributed by atoms with Gasteiger partial charge in [0, 0.05) is 58.0 Å². The number of amides is 3. The molecule has 64 heavy (non-hydrogen) atoms. The molecule has 9 rings (SSSR count). The van der Waals surface area contributed by atoms with Crippen LogP contribution in [0.2, 0.25) is 0 Å². The number of anilines is 2. The Morgan fingerprint density at radius 3 is 2.62 bits per heavy atom. The van der Waals surface area contributed by atoms with Gasteiger partial charge in [-0.1, -0.05) is 18.2 Å². The second-order valence-electron chi connectivity index (χ2n) is 16.6. The van der Waals surface area contributed by atoms with Crippen molar-refractivity contribution in [3.8, 4) is 17.1 Å². The SMILES string of the molecule is Cn1c(=O)n(C2CCC(=O)NC2=O)c2ccc(CCCN3CCO[C@H](CNCc4ccc(-n5cc(NC(=O)c6coc(-c7ccnc(NCC8CC8)c7)n6)c(C(F)F)n5)cc4)C3)cc21. The zero-order valence-corrected chi connectivity index (χ0v) is 35.3. The average Bonchev–Trinajstić information content (AvgIpc) is 3.71. The average molecular weight is 878 g/mol. The van der Waals surface area contributed by atoms with Crippen molar-refractivity contribution in [2.45, 2.75) is 63.6 Å². The molecular weight excluding hydrogens is 829 g/mol. The monoisotopic (exact) mass is 877 g/mol. The lowest BCUT2D eigenvalue weighted by atomic mass is 10.0. The Hall–Kier alpha value is -6.57. The van der Waals surface area contributed by atoms with E-state index in [1.54, 1.807) is 42.1 Å². The van der Waals surface area contributed by atoms with Gasteiger partial charge in [-0.25, -0.2) is 28.2 Å². The lowest BCUT2D eigenvalue weighted by Crippen LogP contribution is -2.46. The van der Waals surface area contributed by atoms with Gasteiger partial charge in [-0.05, 0) is 92.1 Å². The van der Waals surface area contributed by atoms with Crippen molar-refractivity contribution < 1.29 is 32.3 Å². The first-order valence-corrected chi connectivity index (χ1v) is 21.6. The van der Waals surface area contributed by atoms with Gasteiger partial charge < -0.3 is 25.1 Å². The summed E-state index contributed by atoms with van der Waals surface area (Å²) in [4.78, 5) is 61.5. The standard InChI is InChI=1S/C45H49F2N11O6/c1-55-37-19-27(8-11-35(37)58(45(55)62)36-12-13-39(59)53-43(36)61)3-2-16-56-17-18-63-32(24-56)23-48-21-28-6-9-31(10-7-28)57-25-33(40(54-57)41(46)47)51-42(60)34-26-64-44(52-34)30-14-15-49-38(20-30)50-22-29-4-5-29/h6-11,14-15,19-20,25-26,29,32,36,41,48H,2-5,12-13,16-18,21-24H2,1H3,(H,49,50)(H,51,60)(H,53,59,61)/t32-,36?/m1/s1. The van der Waals surface area contributed by atoms with Crippen LogP contribution in [-0.2, 0) is 34.3 Å². The van der Waals surface area contributed by atoms with Crippen molar-refractivity contribution in [1.82, 2.24) is 44.4 Å². The minimum absolute atomic E-state index is 0.00246. The summed E-state index contributed by atoms with van der Waals surface area (Å²) in [6, 6.07) is 16.0. The van der Waals surface area contributed by atoms with E-state index in [9.17, 15) is 28.0 Å². The number of carbonyl (C=O) groups excluding carboxylic acids is 3. The van der Waals surface area contributed by atoms with Crippen molar-refractivity contribution in [3.05, 3.63) is 106 Å². The molecule has 2 saturated heterocycles. The van der Waals surface area contributed by atoms with Crippen molar-refractivity contribution >= 4 is 40.3 Å². The molecule has 0 radical (unpaired) electrons. The van der Waals surface area contributed by atoms with E-state index < -0.39 is 30.0 Å². The molecule has 1 saturated carbocycles. The van der Waals surface area contributed by atoms with E-state index in [4.69, 9.17) is 9.15 Å². The highest BCUT2D eigenvalue weighted by atomic mass is 19.3. The van der Waals surface area contributed by atoms with Gasteiger partial charge in [-0.2, -0.15) is 5.10 Å². The molecule has 4 aromatic heterocycles. The third-order valence-electron chi connectivity index (χ3n) is 12.0. The molecule has 3 aliphatic rings. The van der Waals surface area contributed by atoms with Crippen LogP contribution in [0.15, 0.2) is 82.5 Å². The van der Waals surface area contributed by atoms with Crippen molar-refractivity contribution in [2.75, 3.05) is 50.0 Å². The molecule has 2 atom stereocenters. The van der Waals surface area contributed by atoms with E-state index >= 15 is 0 Å². The summed E-state index contributed by atoms with van der Waals surface area (Å²) in [7, 11) is 1.70. The normalized spacial score (nSPS) is 18.2. The number of rotatable bonds is 17. The Bertz CT molecular complexity index is 2720. The highest BCUT2D eigenvalue weighted by Gasteiger charge is 2.31. The number of ether oxygens (including phenoxy) is 1. The molecule has 0 bridgehead atoms. The Kier molecular flexibility index (Phi) is 12.4. The third-order valence-corrected chi connectivity index (χ3v) is 12.0. The Morgan fingerprint density at radius 2 is 1.83 bits per heavy atom. The quantitative estimate of drug-likeness (QED) is 0.0899. The largest absolute Gasteiger partial charge is 0.444 e. The summed E-state index contributed by atoms with van der Waals surface area (Å²) >= 11 is 0. The van der Waals surface area contributed by atoms with E-state index in [-0.39, 0.29) is 41.4 Å². The molecule has 6 heterocycles. The number of piperidine rings is 1. The Labute approximate surface area is 366 Å². The molecule has 4 N–H and O–H groups in total. The summed E-state index contributed by atoms with van der Waals surface area (Å²) < 4.78 is 44.2. The van der Waals surface area contributed by atoms with Gasteiger partial charge >= 0.3 is 5.69 Å². The van der Waals surface area contributed by atoms with Crippen molar-refractivity contribution in [2.24, 2.45) is 13.0 Å². The van der Waals surface area contributed by atoms with Gasteiger partial charge in [-0.15, -0.1) is 0 Å². The number of hydrogen-bond acceptors (Lipinski definition) is 12. The fourth-order valence-corrected chi connectivity index (χ4v) is 8.26. The summed E-state index contributed by atoms with van der Waals surface area (Å²) in [6.07, 6.45) is 5.85. The number of halogens is 2. The van der Waals surface area contributed by atoms with E-state index in [1.807, 2.05) is 30.3 Å². The van der Waals surface area contributed by atoms with Crippen LogP contribution in [0, 0.1) is 5.92 Å².